The highest BCUT2D eigenvalue weighted by Gasteiger charge is 2.05. The number of nitrogens with one attached hydrogen (secondary N) is 2. The molecule has 164 valence electrons. The standard InChI is InChI=1S/C25H28N6O/c1-30(2)23-12-8-19(9-13-23)17-26-28-22-7-5-6-21(16-22)25(32)29-27-18-20-10-14-24(15-11-20)31(3)4/h5-18,28H,1-4H3,(H,29,32)/b26-17-,27-18-. The number of carbonyl (C=O) groups is 1. The molecular weight excluding hydrogens is 400 g/mol. The van der Waals surface area contributed by atoms with Crippen LogP contribution in [0.3, 0.4) is 0 Å². The molecule has 1 amide bonds. The van der Waals surface area contributed by atoms with E-state index < -0.39 is 0 Å². The quantitative estimate of drug-likeness (QED) is 0.420. The highest BCUT2D eigenvalue weighted by atomic mass is 16.2. The lowest BCUT2D eigenvalue weighted by molar-refractivity contribution is 0.0955. The molecule has 32 heavy (non-hydrogen) atoms. The minimum atomic E-state index is -0.293. The summed E-state index contributed by atoms with van der Waals surface area (Å²) in [6.45, 7) is 0. The number of carbonyl (C=O) groups excluding carboxylic acids is 1. The molecule has 0 aliphatic heterocycles. The Labute approximate surface area is 189 Å². The second-order valence-corrected chi connectivity index (χ2v) is 7.62. The van der Waals surface area contributed by atoms with Crippen molar-refractivity contribution >= 4 is 35.4 Å². The summed E-state index contributed by atoms with van der Waals surface area (Å²) in [6.07, 6.45) is 3.35. The van der Waals surface area contributed by atoms with Crippen LogP contribution in [-0.2, 0) is 0 Å². The van der Waals surface area contributed by atoms with Crippen molar-refractivity contribution in [1.82, 2.24) is 5.43 Å². The first-order valence-electron chi connectivity index (χ1n) is 10.2. The molecule has 7 heteroatoms. The van der Waals surface area contributed by atoms with E-state index in [1.807, 2.05) is 92.6 Å². The minimum Gasteiger partial charge on any atom is -0.378 e. The lowest BCUT2D eigenvalue weighted by atomic mass is 10.2. The molecule has 0 saturated carbocycles. The van der Waals surface area contributed by atoms with Crippen molar-refractivity contribution in [2.24, 2.45) is 10.2 Å². The van der Waals surface area contributed by atoms with Crippen LogP contribution in [0, 0.1) is 0 Å². The van der Waals surface area contributed by atoms with Gasteiger partial charge in [0.2, 0.25) is 0 Å². The molecule has 0 aromatic heterocycles. The lowest BCUT2D eigenvalue weighted by Crippen LogP contribution is -2.17. The number of rotatable bonds is 8. The zero-order valence-electron chi connectivity index (χ0n) is 18.8. The van der Waals surface area contributed by atoms with Crippen LogP contribution in [0.2, 0.25) is 0 Å². The van der Waals surface area contributed by atoms with Crippen LogP contribution >= 0.6 is 0 Å². The Morgan fingerprint density at radius 2 is 1.28 bits per heavy atom. The van der Waals surface area contributed by atoms with Gasteiger partial charge in [0, 0.05) is 45.1 Å². The van der Waals surface area contributed by atoms with Gasteiger partial charge in [-0.05, 0) is 53.6 Å². The number of anilines is 3. The topological polar surface area (TPSA) is 72.3 Å². The molecule has 0 fully saturated rings. The van der Waals surface area contributed by atoms with Gasteiger partial charge < -0.3 is 9.80 Å². The zero-order valence-corrected chi connectivity index (χ0v) is 18.8. The normalized spacial score (nSPS) is 11.0. The number of amides is 1. The Morgan fingerprint density at radius 3 is 1.81 bits per heavy atom. The molecule has 7 nitrogen and oxygen atoms in total. The van der Waals surface area contributed by atoms with E-state index in [0.717, 1.165) is 22.5 Å². The Kier molecular flexibility index (Phi) is 7.59. The van der Waals surface area contributed by atoms with Crippen LogP contribution in [-0.4, -0.2) is 46.5 Å². The van der Waals surface area contributed by atoms with Gasteiger partial charge in [0.05, 0.1) is 18.1 Å². The van der Waals surface area contributed by atoms with E-state index in [-0.39, 0.29) is 5.91 Å². The number of nitrogens with zero attached hydrogens (tertiary/aromatic N) is 4. The summed E-state index contributed by atoms with van der Waals surface area (Å²) >= 11 is 0. The average molecular weight is 429 g/mol. The van der Waals surface area contributed by atoms with Gasteiger partial charge in [0.15, 0.2) is 0 Å². The monoisotopic (exact) mass is 428 g/mol. The molecule has 0 bridgehead atoms. The van der Waals surface area contributed by atoms with Crippen LogP contribution in [0.5, 0.6) is 0 Å². The molecule has 0 heterocycles. The average Bonchev–Trinajstić information content (AvgIpc) is 2.80. The Balaban J connectivity index is 1.55. The predicted molar refractivity (Wildman–Crippen MR) is 134 cm³/mol. The van der Waals surface area contributed by atoms with Crippen LogP contribution in [0.4, 0.5) is 17.1 Å². The molecule has 0 atom stereocenters. The van der Waals surface area contributed by atoms with E-state index >= 15 is 0 Å². The predicted octanol–water partition coefficient (Wildman–Crippen LogP) is 4.03. The first-order chi connectivity index (χ1) is 15.4. The third-order valence-corrected chi connectivity index (χ3v) is 4.73. The maximum absolute atomic E-state index is 12.4. The highest BCUT2D eigenvalue weighted by Crippen LogP contribution is 2.13. The van der Waals surface area contributed by atoms with Crippen molar-refractivity contribution < 1.29 is 4.79 Å². The summed E-state index contributed by atoms with van der Waals surface area (Å²) in [5.41, 5.74) is 10.8. The fourth-order valence-electron chi connectivity index (χ4n) is 2.86. The van der Waals surface area contributed by atoms with E-state index in [4.69, 9.17) is 0 Å². The first kappa shape index (κ1) is 22.6. The molecule has 0 saturated heterocycles. The van der Waals surface area contributed by atoms with Gasteiger partial charge in [-0.15, -0.1) is 0 Å². The van der Waals surface area contributed by atoms with Gasteiger partial charge in [-0.1, -0.05) is 30.3 Å². The Morgan fingerprint density at radius 1 is 0.750 bits per heavy atom. The maximum Gasteiger partial charge on any atom is 0.271 e. The van der Waals surface area contributed by atoms with E-state index in [9.17, 15) is 4.79 Å². The fraction of sp³-hybridized carbons (Fsp3) is 0.160. The number of hydrogen-bond acceptors (Lipinski definition) is 6. The number of hydrazone groups is 2. The Bertz CT molecular complexity index is 1090. The summed E-state index contributed by atoms with van der Waals surface area (Å²) in [5, 5.41) is 8.31. The van der Waals surface area contributed by atoms with Gasteiger partial charge in [-0.3, -0.25) is 10.2 Å². The van der Waals surface area contributed by atoms with Gasteiger partial charge in [-0.25, -0.2) is 5.43 Å². The molecule has 0 unspecified atom stereocenters. The molecule has 3 rings (SSSR count). The molecular formula is C25H28N6O. The van der Waals surface area contributed by atoms with E-state index in [1.54, 1.807) is 30.6 Å². The van der Waals surface area contributed by atoms with Crippen LogP contribution in [0.1, 0.15) is 21.5 Å². The van der Waals surface area contributed by atoms with E-state index in [1.165, 1.54) is 0 Å². The fourth-order valence-corrected chi connectivity index (χ4v) is 2.86. The molecule has 0 spiro atoms. The number of benzene rings is 3. The van der Waals surface area contributed by atoms with E-state index in [0.29, 0.717) is 11.3 Å². The minimum absolute atomic E-state index is 0.293. The SMILES string of the molecule is CN(C)c1ccc(/C=N\NC(=O)c2cccc(N/N=C\c3ccc(N(C)C)cc3)c2)cc1. The maximum atomic E-state index is 12.4. The smallest absolute Gasteiger partial charge is 0.271 e. The summed E-state index contributed by atoms with van der Waals surface area (Å²) in [6, 6.07) is 23.0. The van der Waals surface area contributed by atoms with Crippen molar-refractivity contribution in [2.75, 3.05) is 43.4 Å². The summed E-state index contributed by atoms with van der Waals surface area (Å²) in [5.74, 6) is -0.293. The van der Waals surface area contributed by atoms with Gasteiger partial charge in [-0.2, -0.15) is 10.2 Å². The molecule has 3 aromatic carbocycles. The molecule has 0 radical (unpaired) electrons. The third kappa shape index (κ3) is 6.43. The van der Waals surface area contributed by atoms with Crippen molar-refractivity contribution in [3.05, 3.63) is 89.5 Å². The van der Waals surface area contributed by atoms with Crippen LogP contribution in [0.25, 0.3) is 0 Å². The van der Waals surface area contributed by atoms with Crippen LogP contribution in [0.15, 0.2) is 83.0 Å². The summed E-state index contributed by atoms with van der Waals surface area (Å²) in [4.78, 5) is 16.5. The Hall–Kier alpha value is -4.13. The second kappa shape index (κ2) is 10.8. The van der Waals surface area contributed by atoms with Gasteiger partial charge in [0.25, 0.3) is 5.91 Å². The van der Waals surface area contributed by atoms with Crippen LogP contribution < -0.4 is 20.7 Å². The summed E-state index contributed by atoms with van der Waals surface area (Å²) < 4.78 is 0. The molecule has 0 aliphatic carbocycles. The summed E-state index contributed by atoms with van der Waals surface area (Å²) in [7, 11) is 7.98. The molecule has 2 N–H and O–H groups in total. The van der Waals surface area contributed by atoms with Gasteiger partial charge in [0.1, 0.15) is 0 Å². The molecule has 3 aromatic rings. The van der Waals surface area contributed by atoms with Crippen molar-refractivity contribution in [1.29, 1.82) is 0 Å². The molecule has 0 aliphatic rings. The highest BCUT2D eigenvalue weighted by molar-refractivity contribution is 5.95. The lowest BCUT2D eigenvalue weighted by Gasteiger charge is -2.11. The van der Waals surface area contributed by atoms with Crippen molar-refractivity contribution in [2.45, 2.75) is 0 Å². The van der Waals surface area contributed by atoms with Crippen molar-refractivity contribution in [3.8, 4) is 0 Å². The van der Waals surface area contributed by atoms with Crippen molar-refractivity contribution in [3.63, 3.8) is 0 Å². The second-order valence-electron chi connectivity index (χ2n) is 7.62. The zero-order chi connectivity index (χ0) is 22.9. The third-order valence-electron chi connectivity index (χ3n) is 4.73. The van der Waals surface area contributed by atoms with Gasteiger partial charge >= 0.3 is 0 Å². The van der Waals surface area contributed by atoms with E-state index in [2.05, 4.69) is 21.1 Å². The largest absolute Gasteiger partial charge is 0.378 e. The first-order valence-corrected chi connectivity index (χ1v) is 10.2. The number of hydrogen-bond donors (Lipinski definition) is 2.